The molecule has 1 amide bonds. The molecule has 0 atom stereocenters. The molecule has 2 aromatic rings. The molecule has 0 saturated heterocycles. The van der Waals surface area contributed by atoms with Gasteiger partial charge in [-0.25, -0.2) is 13.1 Å². The van der Waals surface area contributed by atoms with Crippen LogP contribution >= 0.6 is 0 Å². The Labute approximate surface area is 199 Å². The lowest BCUT2D eigenvalue weighted by Gasteiger charge is -2.35. The second-order valence-corrected chi connectivity index (χ2v) is 17.0. The van der Waals surface area contributed by atoms with Gasteiger partial charge < -0.3 is 4.79 Å². The van der Waals surface area contributed by atoms with Crippen LogP contribution in [-0.2, 0) is 26.0 Å². The van der Waals surface area contributed by atoms with Crippen LogP contribution in [-0.4, -0.2) is 27.8 Å². The minimum Gasteiger partial charge on any atom is -0.305 e. The molecule has 0 aliphatic rings. The van der Waals surface area contributed by atoms with Gasteiger partial charge in [0.2, 0.25) is 0 Å². The summed E-state index contributed by atoms with van der Waals surface area (Å²) in [6.07, 6.45) is 2.72. The van der Waals surface area contributed by atoms with E-state index in [1.807, 2.05) is 37.3 Å². The molecule has 0 radical (unpaired) electrons. The number of aryl methyl sites for hydroxylation is 1. The van der Waals surface area contributed by atoms with E-state index in [9.17, 15) is 18.0 Å². The Morgan fingerprint density at radius 1 is 0.970 bits per heavy atom. The van der Waals surface area contributed by atoms with E-state index in [4.69, 9.17) is 0 Å². The van der Waals surface area contributed by atoms with Crippen molar-refractivity contribution >= 4 is 29.4 Å². The SMILES string of the molecule is Cc1ccc(S(=O)(=O)NC(=O)/C(=C\CCC(=O)[Si](C)(C)C(C)(C)C)Cc2ccccc2)cc1. The molecule has 7 heteroatoms. The lowest BCUT2D eigenvalue weighted by Crippen LogP contribution is -2.46. The number of benzene rings is 2. The lowest BCUT2D eigenvalue weighted by molar-refractivity contribution is -0.116. The highest BCUT2D eigenvalue weighted by Crippen LogP contribution is 2.37. The second-order valence-electron chi connectivity index (χ2n) is 9.98. The fourth-order valence-electron chi connectivity index (χ4n) is 3.13. The first kappa shape index (κ1) is 26.7. The molecule has 0 aliphatic heterocycles. The van der Waals surface area contributed by atoms with E-state index in [0.717, 1.165) is 11.1 Å². The van der Waals surface area contributed by atoms with E-state index in [2.05, 4.69) is 38.6 Å². The smallest absolute Gasteiger partial charge is 0.264 e. The summed E-state index contributed by atoms with van der Waals surface area (Å²) in [5.74, 6) is -0.667. The van der Waals surface area contributed by atoms with Crippen molar-refractivity contribution in [2.75, 3.05) is 0 Å². The molecule has 33 heavy (non-hydrogen) atoms. The Morgan fingerprint density at radius 2 is 1.55 bits per heavy atom. The Hall–Kier alpha value is -2.51. The van der Waals surface area contributed by atoms with Crippen molar-refractivity contribution in [2.45, 2.75) is 70.0 Å². The van der Waals surface area contributed by atoms with E-state index in [-0.39, 0.29) is 21.8 Å². The van der Waals surface area contributed by atoms with Crippen molar-refractivity contribution in [3.05, 3.63) is 77.4 Å². The number of amides is 1. The standard InChI is InChI=1S/C26H35NO4SSi/c1-20-15-17-23(18-16-20)32(30,31)27-25(29)22(19-21-11-8-7-9-12-21)13-10-14-24(28)33(5,6)26(2,3)4/h7-9,11-13,15-18H,10,14,19H2,1-6H3,(H,27,29)/b22-13-. The molecule has 0 aliphatic carbocycles. The maximum atomic E-state index is 13.0. The fourth-order valence-corrected chi connectivity index (χ4v) is 5.73. The van der Waals surface area contributed by atoms with Crippen molar-refractivity contribution < 1.29 is 18.0 Å². The van der Waals surface area contributed by atoms with Gasteiger partial charge in [-0.2, -0.15) is 0 Å². The van der Waals surface area contributed by atoms with Gasteiger partial charge in [-0.05, 0) is 36.1 Å². The second kappa shape index (κ2) is 10.6. The van der Waals surface area contributed by atoms with E-state index in [0.29, 0.717) is 18.4 Å². The molecule has 0 heterocycles. The molecule has 0 aromatic heterocycles. The molecule has 178 valence electrons. The summed E-state index contributed by atoms with van der Waals surface area (Å²) < 4.78 is 27.6. The third-order valence-electron chi connectivity index (χ3n) is 6.42. The number of carbonyl (C=O) groups excluding carboxylic acids is 2. The Kier molecular flexibility index (Phi) is 8.60. The van der Waals surface area contributed by atoms with Crippen LogP contribution in [0.5, 0.6) is 0 Å². The monoisotopic (exact) mass is 485 g/mol. The zero-order valence-corrected chi connectivity index (χ0v) is 22.3. The molecule has 2 rings (SSSR count). The van der Waals surface area contributed by atoms with Crippen LogP contribution in [0.15, 0.2) is 71.1 Å². The number of carbonyl (C=O) groups is 2. The average Bonchev–Trinajstić information content (AvgIpc) is 2.72. The van der Waals surface area contributed by atoms with Gasteiger partial charge in [0.05, 0.1) is 4.90 Å². The molecular weight excluding hydrogens is 450 g/mol. The quantitative estimate of drug-likeness (QED) is 0.383. The van der Waals surface area contributed by atoms with Crippen LogP contribution < -0.4 is 4.72 Å². The van der Waals surface area contributed by atoms with Crippen molar-refractivity contribution in [2.24, 2.45) is 0 Å². The number of rotatable bonds is 9. The largest absolute Gasteiger partial charge is 0.305 e. The molecule has 0 unspecified atom stereocenters. The number of nitrogens with one attached hydrogen (secondary N) is 1. The van der Waals surface area contributed by atoms with E-state index >= 15 is 0 Å². The molecule has 2 aromatic carbocycles. The third-order valence-corrected chi connectivity index (χ3v) is 13.2. The minimum atomic E-state index is -4.00. The van der Waals surface area contributed by atoms with Crippen LogP contribution in [0.1, 0.15) is 44.7 Å². The molecule has 0 spiro atoms. The molecular formula is C26H35NO4SSi. The summed E-state index contributed by atoms with van der Waals surface area (Å²) in [4.78, 5) is 25.9. The first-order valence-corrected chi connectivity index (χ1v) is 15.6. The molecule has 1 N–H and O–H groups in total. The van der Waals surface area contributed by atoms with Gasteiger partial charge in [-0.15, -0.1) is 0 Å². The molecule has 0 saturated carbocycles. The number of hydrogen-bond acceptors (Lipinski definition) is 4. The van der Waals surface area contributed by atoms with Crippen LogP contribution in [0.25, 0.3) is 0 Å². The summed E-state index contributed by atoms with van der Waals surface area (Å²) >= 11 is 0. The van der Waals surface area contributed by atoms with Crippen molar-refractivity contribution in [3.63, 3.8) is 0 Å². The minimum absolute atomic E-state index is 0.0358. The molecule has 5 nitrogen and oxygen atoms in total. The number of sulfonamides is 1. The van der Waals surface area contributed by atoms with Crippen LogP contribution in [0.2, 0.25) is 18.1 Å². The van der Waals surface area contributed by atoms with Crippen LogP contribution in [0.4, 0.5) is 0 Å². The molecule has 0 bridgehead atoms. The normalized spacial score (nSPS) is 13.0. The third kappa shape index (κ3) is 7.24. The predicted octanol–water partition coefficient (Wildman–Crippen LogP) is 5.37. The highest BCUT2D eigenvalue weighted by atomic mass is 32.2. The highest BCUT2D eigenvalue weighted by molar-refractivity contribution is 7.90. The van der Waals surface area contributed by atoms with Gasteiger partial charge in [0.15, 0.2) is 0 Å². The summed E-state index contributed by atoms with van der Waals surface area (Å²) in [5.41, 5.74) is 2.15. The van der Waals surface area contributed by atoms with Crippen molar-refractivity contribution in [1.82, 2.24) is 4.72 Å². The van der Waals surface area contributed by atoms with Gasteiger partial charge >= 0.3 is 0 Å². The zero-order chi connectivity index (χ0) is 24.9. The predicted molar refractivity (Wildman–Crippen MR) is 136 cm³/mol. The summed E-state index contributed by atoms with van der Waals surface area (Å²) in [6.45, 7) is 12.3. The zero-order valence-electron chi connectivity index (χ0n) is 20.4. The van der Waals surface area contributed by atoms with Gasteiger partial charge in [0.1, 0.15) is 13.5 Å². The van der Waals surface area contributed by atoms with Gasteiger partial charge in [0, 0.05) is 18.4 Å². The van der Waals surface area contributed by atoms with Crippen LogP contribution in [0, 0.1) is 6.92 Å². The summed E-state index contributed by atoms with van der Waals surface area (Å²) in [5, 5.41) is 0.193. The number of hydrogen-bond donors (Lipinski definition) is 1. The van der Waals surface area contributed by atoms with Crippen molar-refractivity contribution in [1.29, 1.82) is 0 Å². The Balaban J connectivity index is 2.23. The van der Waals surface area contributed by atoms with E-state index in [1.54, 1.807) is 18.2 Å². The van der Waals surface area contributed by atoms with Crippen LogP contribution in [0.3, 0.4) is 0 Å². The average molecular weight is 486 g/mol. The van der Waals surface area contributed by atoms with E-state index < -0.39 is 24.0 Å². The number of allylic oxidation sites excluding steroid dienone is 1. The summed E-state index contributed by atoms with van der Waals surface area (Å²) in [6, 6.07) is 15.7. The van der Waals surface area contributed by atoms with Gasteiger partial charge in [-0.3, -0.25) is 4.79 Å². The Bertz CT molecular complexity index is 1110. The van der Waals surface area contributed by atoms with Gasteiger partial charge in [-0.1, -0.05) is 88.0 Å². The lowest BCUT2D eigenvalue weighted by atomic mass is 10.0. The summed E-state index contributed by atoms with van der Waals surface area (Å²) in [7, 11) is -6.13. The Morgan fingerprint density at radius 3 is 2.09 bits per heavy atom. The van der Waals surface area contributed by atoms with E-state index in [1.165, 1.54) is 12.1 Å². The molecule has 0 fully saturated rings. The van der Waals surface area contributed by atoms with Gasteiger partial charge in [0.25, 0.3) is 15.9 Å². The first-order chi connectivity index (χ1) is 15.2. The maximum Gasteiger partial charge on any atom is 0.264 e. The topological polar surface area (TPSA) is 80.3 Å². The van der Waals surface area contributed by atoms with Crippen molar-refractivity contribution in [3.8, 4) is 0 Å². The first-order valence-electron chi connectivity index (χ1n) is 11.1. The maximum absolute atomic E-state index is 13.0. The fraction of sp³-hybridized carbons (Fsp3) is 0.385. The highest BCUT2D eigenvalue weighted by Gasteiger charge is 2.41.